The highest BCUT2D eigenvalue weighted by Gasteiger charge is 2.39. The van der Waals surface area contributed by atoms with Crippen LogP contribution in [0.3, 0.4) is 0 Å². The summed E-state index contributed by atoms with van der Waals surface area (Å²) in [7, 11) is 0. The molecule has 1 aromatic heterocycles. The minimum absolute atomic E-state index is 0.0517. The van der Waals surface area contributed by atoms with Crippen molar-refractivity contribution in [2.75, 3.05) is 6.54 Å². The highest BCUT2D eigenvalue weighted by atomic mass is 15.2. The molecular weight excluding hydrogens is 212 g/mol. The van der Waals surface area contributed by atoms with E-state index in [0.717, 1.165) is 30.4 Å². The van der Waals surface area contributed by atoms with Gasteiger partial charge in [-0.05, 0) is 44.4 Å². The Morgan fingerprint density at radius 2 is 2.00 bits per heavy atom. The predicted molar refractivity (Wildman–Crippen MR) is 66.7 cm³/mol. The van der Waals surface area contributed by atoms with E-state index in [-0.39, 0.29) is 5.41 Å². The van der Waals surface area contributed by atoms with Crippen LogP contribution in [0, 0.1) is 5.92 Å². The van der Waals surface area contributed by atoms with E-state index in [1.54, 1.807) is 0 Å². The van der Waals surface area contributed by atoms with Crippen molar-refractivity contribution in [1.82, 2.24) is 15.2 Å². The van der Waals surface area contributed by atoms with Crippen LogP contribution in [-0.2, 0) is 5.41 Å². The lowest BCUT2D eigenvalue weighted by Gasteiger charge is -2.36. The maximum Gasteiger partial charge on any atom is 0.158 e. The quantitative estimate of drug-likeness (QED) is 0.841. The largest absolute Gasteiger partial charge is 0.329 e. The Labute approximate surface area is 102 Å². The zero-order chi connectivity index (χ0) is 11.9. The van der Waals surface area contributed by atoms with Crippen molar-refractivity contribution in [3.63, 3.8) is 0 Å². The maximum atomic E-state index is 6.02. The van der Waals surface area contributed by atoms with Crippen molar-refractivity contribution in [3.8, 4) is 0 Å². The summed E-state index contributed by atoms with van der Waals surface area (Å²) < 4.78 is 0. The molecule has 4 heteroatoms. The Morgan fingerprint density at radius 3 is 2.59 bits per heavy atom. The van der Waals surface area contributed by atoms with Crippen molar-refractivity contribution in [1.29, 1.82) is 0 Å². The highest BCUT2D eigenvalue weighted by molar-refractivity contribution is 5.14. The summed E-state index contributed by atoms with van der Waals surface area (Å²) in [5.41, 5.74) is 6.07. The van der Waals surface area contributed by atoms with E-state index in [0.29, 0.717) is 12.5 Å². The van der Waals surface area contributed by atoms with Gasteiger partial charge in [-0.25, -0.2) is 4.98 Å². The minimum atomic E-state index is 0.0517. The van der Waals surface area contributed by atoms with Crippen LogP contribution >= 0.6 is 0 Å². The van der Waals surface area contributed by atoms with Gasteiger partial charge in [0.05, 0.1) is 0 Å². The third kappa shape index (κ3) is 1.99. The topological polar surface area (TPSA) is 67.6 Å². The third-order valence-electron chi connectivity index (χ3n) is 4.56. The molecule has 0 aromatic carbocycles. The number of nitrogens with one attached hydrogen (secondary N) is 1. The molecule has 94 valence electrons. The second kappa shape index (κ2) is 4.09. The average molecular weight is 234 g/mol. The molecule has 1 heterocycles. The SMILES string of the molecule is CC1CCC(CN)(c2n[nH]c(C3CC3)n2)CC1. The number of hydrogen-bond acceptors (Lipinski definition) is 3. The second-order valence-electron chi connectivity index (χ2n) is 5.99. The monoisotopic (exact) mass is 234 g/mol. The van der Waals surface area contributed by atoms with Gasteiger partial charge in [-0.3, -0.25) is 5.10 Å². The molecule has 2 saturated carbocycles. The third-order valence-corrected chi connectivity index (χ3v) is 4.56. The molecule has 3 N–H and O–H groups in total. The molecule has 0 bridgehead atoms. The number of hydrogen-bond donors (Lipinski definition) is 2. The summed E-state index contributed by atoms with van der Waals surface area (Å²) in [5.74, 6) is 3.55. The van der Waals surface area contributed by atoms with E-state index in [4.69, 9.17) is 10.7 Å². The van der Waals surface area contributed by atoms with Crippen LogP contribution in [0.4, 0.5) is 0 Å². The van der Waals surface area contributed by atoms with E-state index >= 15 is 0 Å². The molecule has 0 spiro atoms. The van der Waals surface area contributed by atoms with Crippen LogP contribution in [0.2, 0.25) is 0 Å². The van der Waals surface area contributed by atoms with Crippen LogP contribution in [0.5, 0.6) is 0 Å². The Morgan fingerprint density at radius 1 is 1.29 bits per heavy atom. The van der Waals surface area contributed by atoms with Gasteiger partial charge in [0.1, 0.15) is 5.82 Å². The fraction of sp³-hybridized carbons (Fsp3) is 0.846. The van der Waals surface area contributed by atoms with E-state index < -0.39 is 0 Å². The Kier molecular flexibility index (Phi) is 2.69. The van der Waals surface area contributed by atoms with E-state index in [9.17, 15) is 0 Å². The zero-order valence-corrected chi connectivity index (χ0v) is 10.6. The molecule has 2 aliphatic rings. The standard InChI is InChI=1S/C13H22N4/c1-9-4-6-13(8-14,7-5-9)12-15-11(16-17-12)10-2-3-10/h9-10H,2-8,14H2,1H3,(H,15,16,17). The summed E-state index contributed by atoms with van der Waals surface area (Å²) >= 11 is 0. The second-order valence-corrected chi connectivity index (χ2v) is 5.99. The Bertz CT molecular complexity index is 386. The van der Waals surface area contributed by atoms with Crippen molar-refractivity contribution >= 4 is 0 Å². The first-order chi connectivity index (χ1) is 8.23. The van der Waals surface area contributed by atoms with Gasteiger partial charge in [-0.2, -0.15) is 5.10 Å². The lowest BCUT2D eigenvalue weighted by atomic mass is 9.70. The molecule has 4 nitrogen and oxygen atoms in total. The number of nitrogens with two attached hydrogens (primary N) is 1. The number of aromatic amines is 1. The van der Waals surface area contributed by atoms with Gasteiger partial charge in [0.25, 0.3) is 0 Å². The molecule has 1 aromatic rings. The fourth-order valence-electron chi connectivity index (χ4n) is 2.88. The zero-order valence-electron chi connectivity index (χ0n) is 10.6. The van der Waals surface area contributed by atoms with Crippen LogP contribution in [0.15, 0.2) is 0 Å². The number of rotatable bonds is 3. The van der Waals surface area contributed by atoms with Crippen molar-refractivity contribution in [2.24, 2.45) is 11.7 Å². The van der Waals surface area contributed by atoms with Gasteiger partial charge < -0.3 is 5.73 Å². The molecule has 3 rings (SSSR count). The van der Waals surface area contributed by atoms with Crippen LogP contribution in [0.25, 0.3) is 0 Å². The van der Waals surface area contributed by atoms with Crippen molar-refractivity contribution in [2.45, 2.75) is 56.8 Å². The smallest absolute Gasteiger partial charge is 0.158 e. The molecular formula is C13H22N4. The number of aromatic nitrogens is 3. The molecule has 0 atom stereocenters. The first kappa shape index (κ1) is 11.2. The van der Waals surface area contributed by atoms with Gasteiger partial charge in [0.2, 0.25) is 0 Å². The fourth-order valence-corrected chi connectivity index (χ4v) is 2.88. The summed E-state index contributed by atoms with van der Waals surface area (Å²) in [4.78, 5) is 4.72. The van der Waals surface area contributed by atoms with Gasteiger partial charge in [-0.15, -0.1) is 0 Å². The molecule has 0 unspecified atom stereocenters. The molecule has 0 saturated heterocycles. The summed E-state index contributed by atoms with van der Waals surface area (Å²) in [6, 6.07) is 0. The van der Waals surface area contributed by atoms with Gasteiger partial charge in [-0.1, -0.05) is 6.92 Å². The molecule has 0 amide bonds. The Hall–Kier alpha value is -0.900. The first-order valence-corrected chi connectivity index (χ1v) is 6.86. The first-order valence-electron chi connectivity index (χ1n) is 6.86. The van der Waals surface area contributed by atoms with Crippen LogP contribution in [-0.4, -0.2) is 21.7 Å². The van der Waals surface area contributed by atoms with Gasteiger partial charge in [0, 0.05) is 17.9 Å². The number of nitrogens with zero attached hydrogens (tertiary/aromatic N) is 2. The summed E-state index contributed by atoms with van der Waals surface area (Å²) in [5, 5.41) is 7.57. The molecule has 2 aliphatic carbocycles. The average Bonchev–Trinajstić information content (AvgIpc) is 3.09. The highest BCUT2D eigenvalue weighted by Crippen LogP contribution is 2.42. The predicted octanol–water partition coefficient (Wildman–Crippen LogP) is 2.09. The van der Waals surface area contributed by atoms with Gasteiger partial charge >= 0.3 is 0 Å². The van der Waals surface area contributed by atoms with E-state index in [1.807, 2.05) is 0 Å². The number of H-pyrrole nitrogens is 1. The minimum Gasteiger partial charge on any atom is -0.329 e. The van der Waals surface area contributed by atoms with Crippen molar-refractivity contribution < 1.29 is 0 Å². The lowest BCUT2D eigenvalue weighted by molar-refractivity contribution is 0.237. The Balaban J connectivity index is 1.82. The van der Waals surface area contributed by atoms with Crippen molar-refractivity contribution in [3.05, 3.63) is 11.6 Å². The normalized spacial score (nSPS) is 33.9. The maximum absolute atomic E-state index is 6.02. The van der Waals surface area contributed by atoms with Gasteiger partial charge in [0.15, 0.2) is 5.82 Å². The molecule has 0 aliphatic heterocycles. The van der Waals surface area contributed by atoms with E-state index in [1.165, 1.54) is 25.7 Å². The van der Waals surface area contributed by atoms with E-state index in [2.05, 4.69) is 17.1 Å². The molecule has 17 heavy (non-hydrogen) atoms. The summed E-state index contributed by atoms with van der Waals surface area (Å²) in [6.45, 7) is 3.01. The molecule has 0 radical (unpaired) electrons. The van der Waals surface area contributed by atoms with Crippen LogP contribution < -0.4 is 5.73 Å². The molecule has 2 fully saturated rings. The summed E-state index contributed by atoms with van der Waals surface area (Å²) in [6.07, 6.45) is 7.33. The van der Waals surface area contributed by atoms with Crippen LogP contribution in [0.1, 0.15) is 63.0 Å². The lowest BCUT2D eigenvalue weighted by Crippen LogP contribution is -2.39.